The SMILES string of the molecule is C[C@H](CCc1ccccc1)NC[C@H](O)c1cc(O)c(O)c(C(N)=O)c1. The third kappa shape index (κ3) is 5.20. The van der Waals surface area contributed by atoms with Gasteiger partial charge >= 0.3 is 0 Å². The molecule has 2 aromatic rings. The Kier molecular flexibility index (Phi) is 6.38. The molecule has 2 rings (SSSR count). The number of phenols is 2. The van der Waals surface area contributed by atoms with Crippen LogP contribution in [0.5, 0.6) is 11.5 Å². The Hall–Kier alpha value is -2.57. The maximum Gasteiger partial charge on any atom is 0.252 e. The third-order valence-electron chi connectivity index (χ3n) is 4.13. The molecule has 6 heteroatoms. The number of aromatic hydroxyl groups is 2. The van der Waals surface area contributed by atoms with E-state index in [-0.39, 0.29) is 18.2 Å². The summed E-state index contributed by atoms with van der Waals surface area (Å²) in [5, 5.41) is 32.8. The van der Waals surface area contributed by atoms with E-state index >= 15 is 0 Å². The van der Waals surface area contributed by atoms with Gasteiger partial charge in [-0.05, 0) is 43.0 Å². The van der Waals surface area contributed by atoms with Gasteiger partial charge in [0.1, 0.15) is 0 Å². The second-order valence-electron chi connectivity index (χ2n) is 6.15. The van der Waals surface area contributed by atoms with E-state index in [0.29, 0.717) is 5.56 Å². The highest BCUT2D eigenvalue weighted by Crippen LogP contribution is 2.32. The first-order valence-electron chi connectivity index (χ1n) is 8.19. The number of nitrogens with two attached hydrogens (primary N) is 1. The molecule has 0 aromatic heterocycles. The smallest absolute Gasteiger partial charge is 0.252 e. The highest BCUT2D eigenvalue weighted by atomic mass is 16.3. The molecule has 6 nitrogen and oxygen atoms in total. The second kappa shape index (κ2) is 8.50. The number of aryl methyl sites for hydroxylation is 1. The number of benzene rings is 2. The van der Waals surface area contributed by atoms with Gasteiger partial charge in [-0.2, -0.15) is 0 Å². The monoisotopic (exact) mass is 344 g/mol. The zero-order valence-corrected chi connectivity index (χ0v) is 14.1. The number of aliphatic hydroxyl groups is 1. The molecule has 6 N–H and O–H groups in total. The Morgan fingerprint density at radius 2 is 1.88 bits per heavy atom. The van der Waals surface area contributed by atoms with Crippen molar-refractivity contribution in [3.05, 3.63) is 59.2 Å². The highest BCUT2D eigenvalue weighted by molar-refractivity contribution is 5.96. The minimum atomic E-state index is -0.941. The Morgan fingerprint density at radius 3 is 2.52 bits per heavy atom. The van der Waals surface area contributed by atoms with E-state index in [1.165, 1.54) is 17.7 Å². The van der Waals surface area contributed by atoms with Gasteiger partial charge in [0.05, 0.1) is 11.7 Å². The van der Waals surface area contributed by atoms with E-state index in [0.717, 1.165) is 12.8 Å². The summed E-state index contributed by atoms with van der Waals surface area (Å²) in [6.07, 6.45) is 0.893. The molecule has 1 amide bonds. The standard InChI is InChI=1S/C19H24N2O4/c1-12(7-8-13-5-3-2-4-6-13)21-11-17(23)14-9-15(19(20)25)18(24)16(22)10-14/h2-6,9-10,12,17,21-24H,7-8,11H2,1H3,(H2,20,25)/t12-,17+/m1/s1. The maximum atomic E-state index is 11.3. The first-order valence-corrected chi connectivity index (χ1v) is 8.19. The van der Waals surface area contributed by atoms with Crippen LogP contribution in [0.15, 0.2) is 42.5 Å². The lowest BCUT2D eigenvalue weighted by molar-refractivity contribution is 0.0996. The average molecular weight is 344 g/mol. The van der Waals surface area contributed by atoms with Crippen molar-refractivity contribution >= 4 is 5.91 Å². The van der Waals surface area contributed by atoms with E-state index in [2.05, 4.69) is 17.4 Å². The lowest BCUT2D eigenvalue weighted by Crippen LogP contribution is -2.31. The van der Waals surface area contributed by atoms with E-state index in [4.69, 9.17) is 5.73 Å². The number of hydrogen-bond donors (Lipinski definition) is 5. The van der Waals surface area contributed by atoms with Gasteiger partial charge in [0.2, 0.25) is 0 Å². The van der Waals surface area contributed by atoms with Crippen molar-refractivity contribution in [2.24, 2.45) is 5.73 Å². The summed E-state index contributed by atoms with van der Waals surface area (Å²) in [7, 11) is 0. The number of phenolic OH excluding ortho intramolecular Hbond substituents is 1. The minimum Gasteiger partial charge on any atom is -0.504 e. The van der Waals surface area contributed by atoms with E-state index in [9.17, 15) is 20.1 Å². The van der Waals surface area contributed by atoms with Gasteiger partial charge in [0, 0.05) is 12.6 Å². The molecule has 2 aromatic carbocycles. The Balaban J connectivity index is 1.91. The fourth-order valence-corrected chi connectivity index (χ4v) is 2.58. The molecule has 0 saturated heterocycles. The van der Waals surface area contributed by atoms with Gasteiger partial charge in [0.25, 0.3) is 5.91 Å². The van der Waals surface area contributed by atoms with Crippen LogP contribution in [0.3, 0.4) is 0 Å². The van der Waals surface area contributed by atoms with Crippen molar-refractivity contribution in [3.63, 3.8) is 0 Å². The van der Waals surface area contributed by atoms with Crippen LogP contribution >= 0.6 is 0 Å². The molecule has 0 heterocycles. The first kappa shape index (κ1) is 18.8. The number of nitrogens with one attached hydrogen (secondary N) is 1. The molecule has 0 aliphatic heterocycles. The maximum absolute atomic E-state index is 11.3. The molecule has 25 heavy (non-hydrogen) atoms. The summed E-state index contributed by atoms with van der Waals surface area (Å²) in [5.74, 6) is -1.93. The normalized spacial score (nSPS) is 13.4. The molecule has 0 saturated carbocycles. The summed E-state index contributed by atoms with van der Waals surface area (Å²) in [6.45, 7) is 2.27. The molecule has 0 aliphatic rings. The number of carbonyl (C=O) groups excluding carboxylic acids is 1. The molecule has 2 atom stereocenters. The molecule has 0 bridgehead atoms. The van der Waals surface area contributed by atoms with Gasteiger partial charge in [-0.25, -0.2) is 0 Å². The fourth-order valence-electron chi connectivity index (χ4n) is 2.58. The summed E-state index contributed by atoms with van der Waals surface area (Å²) in [5.41, 5.74) is 6.51. The number of hydrogen-bond acceptors (Lipinski definition) is 5. The highest BCUT2D eigenvalue weighted by Gasteiger charge is 2.18. The minimum absolute atomic E-state index is 0.177. The quantitative estimate of drug-likeness (QED) is 0.469. The van der Waals surface area contributed by atoms with Crippen LogP contribution in [0.2, 0.25) is 0 Å². The molecular weight excluding hydrogens is 320 g/mol. The van der Waals surface area contributed by atoms with Crippen molar-refractivity contribution in [3.8, 4) is 11.5 Å². The van der Waals surface area contributed by atoms with Crippen LogP contribution in [0.4, 0.5) is 0 Å². The summed E-state index contributed by atoms with van der Waals surface area (Å²) in [6, 6.07) is 12.8. The lowest BCUT2D eigenvalue weighted by atomic mass is 10.0. The molecule has 0 unspecified atom stereocenters. The van der Waals surface area contributed by atoms with Gasteiger partial charge in [0.15, 0.2) is 11.5 Å². The van der Waals surface area contributed by atoms with E-state index < -0.39 is 23.5 Å². The van der Waals surface area contributed by atoms with Crippen LogP contribution in [0.1, 0.15) is 40.9 Å². The second-order valence-corrected chi connectivity index (χ2v) is 6.15. The number of amides is 1. The molecule has 0 radical (unpaired) electrons. The van der Waals surface area contributed by atoms with Gasteiger partial charge in [-0.15, -0.1) is 0 Å². The van der Waals surface area contributed by atoms with Crippen molar-refractivity contribution in [2.45, 2.75) is 31.9 Å². The van der Waals surface area contributed by atoms with Gasteiger partial charge in [-0.1, -0.05) is 30.3 Å². The first-order chi connectivity index (χ1) is 11.9. The van der Waals surface area contributed by atoms with Crippen LogP contribution < -0.4 is 11.1 Å². The molecular formula is C19H24N2O4. The number of primary amides is 1. The van der Waals surface area contributed by atoms with Gasteiger partial charge in [-0.3, -0.25) is 4.79 Å². The van der Waals surface area contributed by atoms with Crippen molar-refractivity contribution in [1.29, 1.82) is 0 Å². The largest absolute Gasteiger partial charge is 0.504 e. The Morgan fingerprint density at radius 1 is 1.20 bits per heavy atom. The molecule has 0 fully saturated rings. The molecule has 134 valence electrons. The Bertz CT molecular complexity index is 719. The average Bonchev–Trinajstić information content (AvgIpc) is 2.60. The third-order valence-corrected chi connectivity index (χ3v) is 4.13. The zero-order valence-electron chi connectivity index (χ0n) is 14.1. The number of rotatable bonds is 8. The predicted octanol–water partition coefficient (Wildman–Crippen LogP) is 1.84. The topological polar surface area (TPSA) is 116 Å². The Labute approximate surface area is 146 Å². The van der Waals surface area contributed by atoms with Crippen LogP contribution in [0, 0.1) is 0 Å². The zero-order chi connectivity index (χ0) is 18.4. The van der Waals surface area contributed by atoms with E-state index in [1.807, 2.05) is 25.1 Å². The molecule has 0 aliphatic carbocycles. The van der Waals surface area contributed by atoms with Crippen LogP contribution in [-0.4, -0.2) is 33.8 Å². The predicted molar refractivity (Wildman–Crippen MR) is 95.5 cm³/mol. The number of aliphatic hydroxyl groups excluding tert-OH is 1. The summed E-state index contributed by atoms with van der Waals surface area (Å²) < 4.78 is 0. The molecule has 0 spiro atoms. The van der Waals surface area contributed by atoms with Gasteiger partial charge < -0.3 is 26.4 Å². The fraction of sp³-hybridized carbons (Fsp3) is 0.316. The van der Waals surface area contributed by atoms with Crippen molar-refractivity contribution in [2.75, 3.05) is 6.54 Å². The lowest BCUT2D eigenvalue weighted by Gasteiger charge is -2.18. The number of carbonyl (C=O) groups is 1. The van der Waals surface area contributed by atoms with Crippen molar-refractivity contribution in [1.82, 2.24) is 5.32 Å². The summed E-state index contributed by atoms with van der Waals surface area (Å²) >= 11 is 0. The van der Waals surface area contributed by atoms with E-state index in [1.54, 1.807) is 0 Å². The summed E-state index contributed by atoms with van der Waals surface area (Å²) in [4.78, 5) is 11.3. The van der Waals surface area contributed by atoms with Crippen LogP contribution in [-0.2, 0) is 6.42 Å². The van der Waals surface area contributed by atoms with Crippen LogP contribution in [0.25, 0.3) is 0 Å². The van der Waals surface area contributed by atoms with Crippen molar-refractivity contribution < 1.29 is 20.1 Å².